The third kappa shape index (κ3) is 4.11. The lowest BCUT2D eigenvalue weighted by atomic mass is 9.85. The van der Waals surface area contributed by atoms with Crippen molar-refractivity contribution < 1.29 is 13.5 Å². The molecule has 0 saturated heterocycles. The molecule has 1 aliphatic carbocycles. The molecule has 0 amide bonds. The lowest BCUT2D eigenvalue weighted by molar-refractivity contribution is 0.129. The van der Waals surface area contributed by atoms with Crippen LogP contribution in [0.25, 0.3) is 0 Å². The Balaban J connectivity index is 2.43. The van der Waals surface area contributed by atoms with Crippen molar-refractivity contribution in [1.29, 1.82) is 0 Å². The fraction of sp³-hybridized carbons (Fsp3) is 1.00. The highest BCUT2D eigenvalue weighted by atomic mass is 32.2. The van der Waals surface area contributed by atoms with Crippen molar-refractivity contribution in [3.8, 4) is 0 Å². The molecule has 2 unspecified atom stereocenters. The van der Waals surface area contributed by atoms with Crippen LogP contribution in [0.3, 0.4) is 0 Å². The van der Waals surface area contributed by atoms with Crippen LogP contribution in [-0.4, -0.2) is 31.1 Å². The molecule has 0 radical (unpaired) electrons. The van der Waals surface area contributed by atoms with Crippen LogP contribution in [0.15, 0.2) is 0 Å². The van der Waals surface area contributed by atoms with Crippen LogP contribution in [0.4, 0.5) is 0 Å². The molecule has 0 aromatic carbocycles. The normalized spacial score (nSPS) is 23.7. The molecule has 90 valence electrons. The molecule has 1 saturated carbocycles. The van der Waals surface area contributed by atoms with Crippen LogP contribution >= 0.6 is 0 Å². The molecule has 4 heteroatoms. The minimum absolute atomic E-state index is 0.526. The molecule has 2 atom stereocenters. The maximum absolute atomic E-state index is 11.3. The van der Waals surface area contributed by atoms with Crippen molar-refractivity contribution >= 4 is 9.84 Å². The lowest BCUT2D eigenvalue weighted by Gasteiger charge is -2.26. The van der Waals surface area contributed by atoms with E-state index in [1.807, 2.05) is 0 Å². The van der Waals surface area contributed by atoms with E-state index in [1.54, 1.807) is 6.92 Å². The Bertz CT molecular complexity index is 278. The first-order chi connectivity index (χ1) is 6.91. The molecule has 0 aliphatic heterocycles. The number of rotatable bonds is 4. The van der Waals surface area contributed by atoms with Crippen molar-refractivity contribution in [2.75, 3.05) is 6.26 Å². The molecule has 0 aromatic rings. The topological polar surface area (TPSA) is 54.4 Å². The fourth-order valence-corrected chi connectivity index (χ4v) is 2.92. The second-order valence-corrected chi connectivity index (χ2v) is 7.24. The molecule has 0 spiro atoms. The van der Waals surface area contributed by atoms with Gasteiger partial charge >= 0.3 is 0 Å². The van der Waals surface area contributed by atoms with E-state index in [0.717, 1.165) is 12.8 Å². The summed E-state index contributed by atoms with van der Waals surface area (Å²) in [5.74, 6) is 0.526. The largest absolute Gasteiger partial charge is 0.392 e. The fourth-order valence-electron chi connectivity index (χ4n) is 2.24. The van der Waals surface area contributed by atoms with E-state index in [2.05, 4.69) is 0 Å². The molecule has 1 aliphatic rings. The maximum atomic E-state index is 11.3. The van der Waals surface area contributed by atoms with Crippen molar-refractivity contribution in [2.24, 2.45) is 5.92 Å². The monoisotopic (exact) mass is 234 g/mol. The lowest BCUT2D eigenvalue weighted by Crippen LogP contribution is -2.32. The Kier molecular flexibility index (Phi) is 4.59. The van der Waals surface area contributed by atoms with Crippen LogP contribution in [0.5, 0.6) is 0 Å². The van der Waals surface area contributed by atoms with E-state index in [-0.39, 0.29) is 0 Å². The van der Waals surface area contributed by atoms with Gasteiger partial charge in [0.15, 0.2) is 9.84 Å². The summed E-state index contributed by atoms with van der Waals surface area (Å²) in [5.41, 5.74) is 0. The smallest absolute Gasteiger partial charge is 0.152 e. The van der Waals surface area contributed by atoms with Gasteiger partial charge in [0.25, 0.3) is 0 Å². The van der Waals surface area contributed by atoms with Crippen molar-refractivity contribution in [3.05, 3.63) is 0 Å². The van der Waals surface area contributed by atoms with E-state index >= 15 is 0 Å². The highest BCUT2D eigenvalue weighted by Crippen LogP contribution is 2.28. The number of hydrogen-bond acceptors (Lipinski definition) is 3. The zero-order chi connectivity index (χ0) is 11.5. The van der Waals surface area contributed by atoms with Crippen LogP contribution in [0.1, 0.15) is 45.4 Å². The van der Waals surface area contributed by atoms with Crippen molar-refractivity contribution in [2.45, 2.75) is 56.8 Å². The van der Waals surface area contributed by atoms with Crippen molar-refractivity contribution in [3.63, 3.8) is 0 Å². The summed E-state index contributed by atoms with van der Waals surface area (Å²) in [6, 6.07) is 0. The summed E-state index contributed by atoms with van der Waals surface area (Å²) in [4.78, 5) is 0. The minimum Gasteiger partial charge on any atom is -0.392 e. The van der Waals surface area contributed by atoms with Gasteiger partial charge in [-0.2, -0.15) is 0 Å². The Labute approximate surface area is 92.8 Å². The van der Waals surface area contributed by atoms with Gasteiger partial charge in [0.1, 0.15) is 0 Å². The Hall–Kier alpha value is -0.0900. The predicted molar refractivity (Wildman–Crippen MR) is 61.5 cm³/mol. The maximum Gasteiger partial charge on any atom is 0.152 e. The first-order valence-electron chi connectivity index (χ1n) is 5.78. The standard InChI is InChI=1S/C11H22O3S/c1-9(15(2,13)14)11(12)8-10-6-4-3-5-7-10/h9-12H,3-8H2,1-2H3. The van der Waals surface area contributed by atoms with Gasteiger partial charge in [-0.1, -0.05) is 32.1 Å². The summed E-state index contributed by atoms with van der Waals surface area (Å²) in [6.07, 6.45) is 7.18. The quantitative estimate of drug-likeness (QED) is 0.806. The summed E-state index contributed by atoms with van der Waals surface area (Å²) < 4.78 is 22.5. The SMILES string of the molecule is CC(C(O)CC1CCCCC1)S(C)(=O)=O. The molecule has 1 rings (SSSR count). The molecule has 0 heterocycles. The van der Waals surface area contributed by atoms with Gasteiger partial charge < -0.3 is 5.11 Å². The molecule has 0 bridgehead atoms. The Morgan fingerprint density at radius 3 is 2.27 bits per heavy atom. The van der Waals surface area contributed by atoms with Gasteiger partial charge in [-0.3, -0.25) is 0 Å². The molecular formula is C11H22O3S. The molecule has 1 N–H and O–H groups in total. The highest BCUT2D eigenvalue weighted by molar-refractivity contribution is 7.91. The molecule has 15 heavy (non-hydrogen) atoms. The second kappa shape index (κ2) is 5.30. The summed E-state index contributed by atoms with van der Waals surface area (Å²) in [7, 11) is -3.10. The van der Waals surface area contributed by atoms with E-state index in [4.69, 9.17) is 0 Å². The number of aliphatic hydroxyl groups excluding tert-OH is 1. The van der Waals surface area contributed by atoms with Gasteiger partial charge in [0.2, 0.25) is 0 Å². The van der Waals surface area contributed by atoms with Crippen LogP contribution in [-0.2, 0) is 9.84 Å². The summed E-state index contributed by atoms with van der Waals surface area (Å²) >= 11 is 0. The molecule has 1 fully saturated rings. The zero-order valence-electron chi connectivity index (χ0n) is 9.65. The minimum atomic E-state index is -3.10. The molecular weight excluding hydrogens is 212 g/mol. The molecule has 3 nitrogen and oxygen atoms in total. The highest BCUT2D eigenvalue weighted by Gasteiger charge is 2.27. The third-order valence-corrected chi connectivity index (χ3v) is 5.18. The van der Waals surface area contributed by atoms with E-state index in [1.165, 1.54) is 25.5 Å². The van der Waals surface area contributed by atoms with Gasteiger partial charge in [-0.05, 0) is 19.3 Å². The zero-order valence-corrected chi connectivity index (χ0v) is 10.5. The van der Waals surface area contributed by atoms with Crippen molar-refractivity contribution in [1.82, 2.24) is 0 Å². The first-order valence-corrected chi connectivity index (χ1v) is 7.73. The van der Waals surface area contributed by atoms with Crippen LogP contribution in [0.2, 0.25) is 0 Å². The van der Waals surface area contributed by atoms with Gasteiger partial charge in [0.05, 0.1) is 11.4 Å². The first kappa shape index (κ1) is 13.0. The Morgan fingerprint density at radius 1 is 1.27 bits per heavy atom. The third-order valence-electron chi connectivity index (χ3n) is 3.52. The van der Waals surface area contributed by atoms with Gasteiger partial charge in [-0.25, -0.2) is 8.42 Å². The van der Waals surface area contributed by atoms with E-state index in [9.17, 15) is 13.5 Å². The average molecular weight is 234 g/mol. The second-order valence-electron chi connectivity index (χ2n) is 4.84. The summed E-state index contributed by atoms with van der Waals surface area (Å²) in [6.45, 7) is 1.60. The number of hydrogen-bond donors (Lipinski definition) is 1. The van der Waals surface area contributed by atoms with Crippen LogP contribution < -0.4 is 0 Å². The van der Waals surface area contributed by atoms with E-state index in [0.29, 0.717) is 12.3 Å². The van der Waals surface area contributed by atoms with Crippen LogP contribution in [0, 0.1) is 5.92 Å². The molecule has 0 aromatic heterocycles. The van der Waals surface area contributed by atoms with Gasteiger partial charge in [0, 0.05) is 6.26 Å². The number of aliphatic hydroxyl groups is 1. The number of sulfone groups is 1. The Morgan fingerprint density at radius 2 is 1.80 bits per heavy atom. The van der Waals surface area contributed by atoms with Gasteiger partial charge in [-0.15, -0.1) is 0 Å². The summed E-state index contributed by atoms with van der Waals surface area (Å²) in [5, 5.41) is 9.20. The predicted octanol–water partition coefficient (Wildman–Crippen LogP) is 1.75. The van der Waals surface area contributed by atoms with E-state index < -0.39 is 21.2 Å². The average Bonchev–Trinajstić information content (AvgIpc) is 2.16.